The van der Waals surface area contributed by atoms with E-state index in [4.69, 9.17) is 5.73 Å². The highest BCUT2D eigenvalue weighted by atomic mass is 16.6. The third kappa shape index (κ3) is 3.53. The molecule has 1 aromatic carbocycles. The van der Waals surface area contributed by atoms with Crippen LogP contribution in [0.15, 0.2) is 24.3 Å². The van der Waals surface area contributed by atoms with E-state index in [2.05, 4.69) is 5.32 Å². The number of benzene rings is 1. The summed E-state index contributed by atoms with van der Waals surface area (Å²) >= 11 is 0. The summed E-state index contributed by atoms with van der Waals surface area (Å²) in [6.07, 6.45) is 0. The maximum atomic E-state index is 11.8. The average molecular weight is 251 g/mol. The molecule has 0 saturated heterocycles. The Balaban J connectivity index is 2.74. The van der Waals surface area contributed by atoms with Crippen LogP contribution in [-0.2, 0) is 4.79 Å². The van der Waals surface area contributed by atoms with Gasteiger partial charge in [-0.05, 0) is 17.5 Å². The Morgan fingerprint density at radius 1 is 1.33 bits per heavy atom. The summed E-state index contributed by atoms with van der Waals surface area (Å²) in [6, 6.07) is 4.97. The van der Waals surface area contributed by atoms with E-state index in [-0.39, 0.29) is 17.0 Å². The number of nitro groups is 1. The fourth-order valence-corrected chi connectivity index (χ4v) is 1.28. The predicted octanol–water partition coefficient (Wildman–Crippen LogP) is 1.91. The number of carbonyl (C=O) groups excluding carboxylic acids is 1. The largest absolute Gasteiger partial charge is 0.325 e. The summed E-state index contributed by atoms with van der Waals surface area (Å²) in [5.74, 6) is -0.309. The molecule has 18 heavy (non-hydrogen) atoms. The molecule has 98 valence electrons. The minimum absolute atomic E-state index is 0.0203. The Hall–Kier alpha value is -1.95. The number of nitrogens with zero attached hydrogens (tertiary/aromatic N) is 1. The molecule has 0 aliphatic carbocycles. The molecule has 0 aliphatic heterocycles. The number of anilines is 1. The normalized spacial score (nSPS) is 12.9. The summed E-state index contributed by atoms with van der Waals surface area (Å²) in [5.41, 5.74) is 5.93. The summed E-state index contributed by atoms with van der Waals surface area (Å²) < 4.78 is 0. The molecule has 0 radical (unpaired) electrons. The highest BCUT2D eigenvalue weighted by Gasteiger charge is 2.27. The molecule has 0 spiro atoms. The van der Waals surface area contributed by atoms with Crippen LogP contribution in [0.1, 0.15) is 20.8 Å². The van der Waals surface area contributed by atoms with Gasteiger partial charge in [-0.2, -0.15) is 0 Å². The third-order valence-electron chi connectivity index (χ3n) is 2.56. The van der Waals surface area contributed by atoms with Gasteiger partial charge in [0, 0.05) is 17.8 Å². The van der Waals surface area contributed by atoms with E-state index in [1.54, 1.807) is 0 Å². The zero-order valence-electron chi connectivity index (χ0n) is 10.6. The van der Waals surface area contributed by atoms with E-state index in [1.807, 2.05) is 20.8 Å². The SMILES string of the molecule is CC(C)(C)C(N)C(=O)Nc1ccc([N+](=O)[O-])cc1. The van der Waals surface area contributed by atoms with E-state index in [1.165, 1.54) is 24.3 Å². The van der Waals surface area contributed by atoms with Crippen molar-refractivity contribution in [2.24, 2.45) is 11.1 Å². The fourth-order valence-electron chi connectivity index (χ4n) is 1.28. The molecule has 0 aliphatic rings. The first-order chi connectivity index (χ1) is 8.21. The lowest BCUT2D eigenvalue weighted by Gasteiger charge is -2.25. The minimum Gasteiger partial charge on any atom is -0.325 e. The van der Waals surface area contributed by atoms with Crippen LogP contribution < -0.4 is 11.1 Å². The first kappa shape index (κ1) is 14.1. The zero-order chi connectivity index (χ0) is 13.9. The van der Waals surface area contributed by atoms with Crippen molar-refractivity contribution in [3.63, 3.8) is 0 Å². The van der Waals surface area contributed by atoms with Gasteiger partial charge in [0.15, 0.2) is 0 Å². The molecule has 0 fully saturated rings. The summed E-state index contributed by atoms with van der Waals surface area (Å²) in [4.78, 5) is 21.8. The van der Waals surface area contributed by atoms with Crippen molar-refractivity contribution >= 4 is 17.3 Å². The number of rotatable bonds is 3. The van der Waals surface area contributed by atoms with Crippen LogP contribution in [0.4, 0.5) is 11.4 Å². The zero-order valence-corrected chi connectivity index (χ0v) is 10.6. The van der Waals surface area contributed by atoms with Gasteiger partial charge in [-0.3, -0.25) is 14.9 Å². The van der Waals surface area contributed by atoms with Crippen LogP contribution in [0.3, 0.4) is 0 Å². The van der Waals surface area contributed by atoms with Gasteiger partial charge in [-0.1, -0.05) is 20.8 Å². The molecule has 0 heterocycles. The molecule has 0 aromatic heterocycles. The van der Waals surface area contributed by atoms with Crippen LogP contribution in [0.5, 0.6) is 0 Å². The van der Waals surface area contributed by atoms with Crippen molar-refractivity contribution in [1.82, 2.24) is 0 Å². The highest BCUT2D eigenvalue weighted by molar-refractivity contribution is 5.95. The van der Waals surface area contributed by atoms with Gasteiger partial charge in [0.25, 0.3) is 5.69 Å². The lowest BCUT2D eigenvalue weighted by atomic mass is 9.87. The van der Waals surface area contributed by atoms with Gasteiger partial charge in [0.2, 0.25) is 5.91 Å². The number of non-ortho nitro benzene ring substituents is 1. The monoisotopic (exact) mass is 251 g/mol. The van der Waals surface area contributed by atoms with Gasteiger partial charge in [0.05, 0.1) is 11.0 Å². The number of nitrogens with two attached hydrogens (primary N) is 1. The maximum absolute atomic E-state index is 11.8. The second-order valence-corrected chi connectivity index (χ2v) is 5.14. The van der Waals surface area contributed by atoms with Crippen LogP contribution in [0.25, 0.3) is 0 Å². The molecule has 1 atom stereocenters. The number of nitrogens with one attached hydrogen (secondary N) is 1. The molecule has 0 bridgehead atoms. The standard InChI is InChI=1S/C12H17N3O3/c1-12(2,3)10(13)11(16)14-8-4-6-9(7-5-8)15(17)18/h4-7,10H,13H2,1-3H3,(H,14,16). The van der Waals surface area contributed by atoms with E-state index in [0.717, 1.165) is 0 Å². The predicted molar refractivity (Wildman–Crippen MR) is 69.2 cm³/mol. The van der Waals surface area contributed by atoms with Gasteiger partial charge in [0.1, 0.15) is 0 Å². The number of hydrogen-bond acceptors (Lipinski definition) is 4. The Kier molecular flexibility index (Phi) is 4.03. The first-order valence-electron chi connectivity index (χ1n) is 5.52. The average Bonchev–Trinajstić information content (AvgIpc) is 2.27. The molecule has 3 N–H and O–H groups in total. The lowest BCUT2D eigenvalue weighted by Crippen LogP contribution is -2.45. The van der Waals surface area contributed by atoms with Crippen molar-refractivity contribution in [3.05, 3.63) is 34.4 Å². The molecule has 0 saturated carbocycles. The second kappa shape index (κ2) is 5.14. The molecule has 1 rings (SSSR count). The van der Waals surface area contributed by atoms with E-state index < -0.39 is 11.0 Å². The van der Waals surface area contributed by atoms with Crippen LogP contribution in [0.2, 0.25) is 0 Å². The molecule has 6 heteroatoms. The summed E-state index contributed by atoms with van der Waals surface area (Å²) in [7, 11) is 0. The Morgan fingerprint density at radius 2 is 1.83 bits per heavy atom. The van der Waals surface area contributed by atoms with Crippen LogP contribution in [0, 0.1) is 15.5 Å². The minimum atomic E-state index is -0.646. The van der Waals surface area contributed by atoms with Crippen molar-refractivity contribution in [1.29, 1.82) is 0 Å². The highest BCUT2D eigenvalue weighted by Crippen LogP contribution is 2.20. The topological polar surface area (TPSA) is 98.3 Å². The number of carbonyl (C=O) groups is 1. The van der Waals surface area contributed by atoms with Crippen LogP contribution in [-0.4, -0.2) is 16.9 Å². The fraction of sp³-hybridized carbons (Fsp3) is 0.417. The number of nitro benzene ring substituents is 1. The molecule has 1 amide bonds. The number of amides is 1. The van der Waals surface area contributed by atoms with Gasteiger partial charge in [-0.15, -0.1) is 0 Å². The Morgan fingerprint density at radius 3 is 2.22 bits per heavy atom. The van der Waals surface area contributed by atoms with Gasteiger partial charge >= 0.3 is 0 Å². The second-order valence-electron chi connectivity index (χ2n) is 5.14. The molecule has 6 nitrogen and oxygen atoms in total. The maximum Gasteiger partial charge on any atom is 0.269 e. The molecular formula is C12H17N3O3. The molecule has 1 aromatic rings. The quantitative estimate of drug-likeness (QED) is 0.633. The summed E-state index contributed by atoms with van der Waals surface area (Å²) in [5, 5.41) is 13.1. The van der Waals surface area contributed by atoms with Crippen LogP contribution >= 0.6 is 0 Å². The van der Waals surface area contributed by atoms with E-state index >= 15 is 0 Å². The Labute approximate surface area is 105 Å². The lowest BCUT2D eigenvalue weighted by molar-refractivity contribution is -0.384. The molecular weight excluding hydrogens is 234 g/mol. The van der Waals surface area contributed by atoms with Crippen molar-refractivity contribution in [2.75, 3.05) is 5.32 Å². The van der Waals surface area contributed by atoms with Crippen molar-refractivity contribution < 1.29 is 9.72 Å². The van der Waals surface area contributed by atoms with E-state index in [0.29, 0.717) is 5.69 Å². The first-order valence-corrected chi connectivity index (χ1v) is 5.52. The van der Waals surface area contributed by atoms with Crippen molar-refractivity contribution in [2.45, 2.75) is 26.8 Å². The van der Waals surface area contributed by atoms with E-state index in [9.17, 15) is 14.9 Å². The van der Waals surface area contributed by atoms with Gasteiger partial charge < -0.3 is 11.1 Å². The van der Waals surface area contributed by atoms with Crippen molar-refractivity contribution in [3.8, 4) is 0 Å². The Bertz CT molecular complexity index is 449. The molecule has 1 unspecified atom stereocenters. The summed E-state index contributed by atoms with van der Waals surface area (Å²) in [6.45, 7) is 5.60. The number of hydrogen-bond donors (Lipinski definition) is 2. The third-order valence-corrected chi connectivity index (χ3v) is 2.56. The van der Waals surface area contributed by atoms with Gasteiger partial charge in [-0.25, -0.2) is 0 Å². The smallest absolute Gasteiger partial charge is 0.269 e.